The van der Waals surface area contributed by atoms with Crippen LogP contribution in [0.2, 0.25) is 5.02 Å². The van der Waals surface area contributed by atoms with Crippen LogP contribution in [0.4, 0.5) is 5.69 Å². The van der Waals surface area contributed by atoms with E-state index in [4.69, 9.17) is 16.6 Å². The predicted molar refractivity (Wildman–Crippen MR) is 106 cm³/mol. The minimum absolute atomic E-state index is 0.107. The second-order valence-electron chi connectivity index (χ2n) is 7.01. The molecule has 5 nitrogen and oxygen atoms in total. The maximum atomic E-state index is 12.5. The average Bonchev–Trinajstić information content (AvgIpc) is 3.32. The number of carbonyl (C=O) groups excluding carboxylic acids is 2. The molecule has 136 valence electrons. The maximum Gasteiger partial charge on any atom is 0.240 e. The van der Waals surface area contributed by atoms with E-state index >= 15 is 0 Å². The van der Waals surface area contributed by atoms with Crippen LogP contribution in [-0.2, 0) is 9.59 Å². The molecule has 26 heavy (non-hydrogen) atoms. The Morgan fingerprint density at radius 1 is 1.31 bits per heavy atom. The van der Waals surface area contributed by atoms with E-state index in [1.165, 1.54) is 18.2 Å². The molecule has 1 N–H and O–H groups in total. The highest BCUT2D eigenvalue weighted by atomic mass is 35.5. The summed E-state index contributed by atoms with van der Waals surface area (Å²) in [7, 11) is 1.71. The van der Waals surface area contributed by atoms with E-state index in [2.05, 4.69) is 17.5 Å². The van der Waals surface area contributed by atoms with Crippen LogP contribution in [0.5, 0.6) is 0 Å². The van der Waals surface area contributed by atoms with Crippen molar-refractivity contribution in [2.24, 2.45) is 16.8 Å². The van der Waals surface area contributed by atoms with E-state index in [9.17, 15) is 9.59 Å². The topological polar surface area (TPSA) is 61.8 Å². The molecule has 1 saturated carbocycles. The molecule has 1 aliphatic heterocycles. The second kappa shape index (κ2) is 7.08. The summed E-state index contributed by atoms with van der Waals surface area (Å²) in [5.41, 5.74) is 0.755. The summed E-state index contributed by atoms with van der Waals surface area (Å²) >= 11 is 7.26. The molecular formula is C19H20ClN3O2S. The number of fused-ring (bicyclic) bond motifs is 2. The SMILES string of the molecule is CN(C(=O)CC1SC(=NC2CC3C=CC2C3)NC1=O)c1ccc(Cl)cc1. The van der Waals surface area contributed by atoms with E-state index in [1.54, 1.807) is 36.2 Å². The number of halogens is 1. The van der Waals surface area contributed by atoms with Gasteiger partial charge in [-0.2, -0.15) is 0 Å². The average molecular weight is 390 g/mol. The third-order valence-corrected chi connectivity index (χ3v) is 6.60. The Hall–Kier alpha value is -1.79. The Morgan fingerprint density at radius 3 is 2.73 bits per heavy atom. The lowest BCUT2D eigenvalue weighted by Crippen LogP contribution is -2.32. The standard InChI is InChI=1S/C19H20ClN3O2S/c1-23(14-6-4-13(20)5-7-14)17(24)10-16-18(25)22-19(26-16)21-15-9-11-2-3-12(15)8-11/h2-7,11-12,15-16H,8-10H2,1H3,(H,21,22,25). The highest BCUT2D eigenvalue weighted by Gasteiger charge is 2.38. The van der Waals surface area contributed by atoms with Gasteiger partial charge in [-0.15, -0.1) is 0 Å². The van der Waals surface area contributed by atoms with Crippen LogP contribution in [0.25, 0.3) is 0 Å². The minimum atomic E-state index is -0.426. The molecule has 4 rings (SSSR count). The molecule has 0 spiro atoms. The van der Waals surface area contributed by atoms with Gasteiger partial charge >= 0.3 is 0 Å². The number of amides is 2. The lowest BCUT2D eigenvalue weighted by Gasteiger charge is -2.18. The zero-order valence-corrected chi connectivity index (χ0v) is 16.0. The van der Waals surface area contributed by atoms with Crippen LogP contribution in [0.15, 0.2) is 41.4 Å². The Kier molecular flexibility index (Phi) is 4.80. The third kappa shape index (κ3) is 3.53. The number of carbonyl (C=O) groups is 2. The number of nitrogens with one attached hydrogen (secondary N) is 1. The lowest BCUT2D eigenvalue weighted by atomic mass is 10.0. The fourth-order valence-corrected chi connectivity index (χ4v) is 4.90. The summed E-state index contributed by atoms with van der Waals surface area (Å²) in [6, 6.07) is 7.33. The zero-order valence-electron chi connectivity index (χ0n) is 14.4. The van der Waals surface area contributed by atoms with Gasteiger partial charge in [-0.25, -0.2) is 0 Å². The van der Waals surface area contributed by atoms with Gasteiger partial charge in [0.05, 0.1) is 6.04 Å². The summed E-state index contributed by atoms with van der Waals surface area (Å²) < 4.78 is 0. The van der Waals surface area contributed by atoms with Crippen LogP contribution in [-0.4, -0.2) is 35.3 Å². The fourth-order valence-electron chi connectivity index (χ4n) is 3.76. The number of benzene rings is 1. The van der Waals surface area contributed by atoms with Gasteiger partial charge in [-0.05, 0) is 48.9 Å². The highest BCUT2D eigenvalue weighted by molar-refractivity contribution is 8.15. The van der Waals surface area contributed by atoms with Crippen LogP contribution in [0.3, 0.4) is 0 Å². The Labute approximate surface area is 161 Å². The summed E-state index contributed by atoms with van der Waals surface area (Å²) in [6.45, 7) is 0. The molecule has 1 saturated heterocycles. The van der Waals surface area contributed by atoms with Gasteiger partial charge in [0.15, 0.2) is 5.17 Å². The molecule has 2 aliphatic carbocycles. The molecule has 2 fully saturated rings. The van der Waals surface area contributed by atoms with Crippen molar-refractivity contribution in [3.8, 4) is 0 Å². The first-order chi connectivity index (χ1) is 12.5. The molecule has 4 unspecified atom stereocenters. The third-order valence-electron chi connectivity index (χ3n) is 5.25. The van der Waals surface area contributed by atoms with Crippen molar-refractivity contribution in [1.82, 2.24) is 5.32 Å². The first kappa shape index (κ1) is 17.6. The van der Waals surface area contributed by atoms with Crippen molar-refractivity contribution in [2.45, 2.75) is 30.6 Å². The molecular weight excluding hydrogens is 370 g/mol. The Morgan fingerprint density at radius 2 is 2.08 bits per heavy atom. The van der Waals surface area contributed by atoms with Crippen molar-refractivity contribution in [3.63, 3.8) is 0 Å². The predicted octanol–water partition coefficient (Wildman–Crippen LogP) is 3.25. The molecule has 4 atom stereocenters. The van der Waals surface area contributed by atoms with Gasteiger partial charge in [-0.1, -0.05) is 35.5 Å². The molecule has 2 bridgehead atoms. The van der Waals surface area contributed by atoms with Crippen molar-refractivity contribution in [1.29, 1.82) is 0 Å². The minimum Gasteiger partial charge on any atom is -0.315 e. The molecule has 1 aromatic carbocycles. The van der Waals surface area contributed by atoms with Gasteiger partial charge in [-0.3, -0.25) is 14.6 Å². The van der Waals surface area contributed by atoms with E-state index in [1.807, 2.05) is 0 Å². The zero-order chi connectivity index (χ0) is 18.3. The summed E-state index contributed by atoms with van der Waals surface area (Å²) in [4.78, 5) is 31.1. The normalized spacial score (nSPS) is 30.8. The number of hydrogen-bond acceptors (Lipinski definition) is 4. The van der Waals surface area contributed by atoms with E-state index in [-0.39, 0.29) is 24.3 Å². The van der Waals surface area contributed by atoms with Crippen molar-refractivity contribution in [2.75, 3.05) is 11.9 Å². The summed E-state index contributed by atoms with van der Waals surface area (Å²) in [6.07, 6.45) is 6.89. The van der Waals surface area contributed by atoms with Gasteiger partial charge in [0.25, 0.3) is 0 Å². The first-order valence-electron chi connectivity index (χ1n) is 8.75. The van der Waals surface area contributed by atoms with Gasteiger partial charge in [0.2, 0.25) is 11.8 Å². The Bertz CT molecular complexity index is 792. The van der Waals surface area contributed by atoms with Gasteiger partial charge in [0, 0.05) is 24.2 Å². The number of aliphatic imine (C=N–C) groups is 1. The van der Waals surface area contributed by atoms with Gasteiger partial charge in [0.1, 0.15) is 5.25 Å². The van der Waals surface area contributed by atoms with E-state index in [0.717, 1.165) is 12.1 Å². The number of allylic oxidation sites excluding steroid dienone is 1. The molecule has 0 radical (unpaired) electrons. The molecule has 7 heteroatoms. The van der Waals surface area contributed by atoms with Crippen molar-refractivity contribution >= 4 is 46.0 Å². The summed E-state index contributed by atoms with van der Waals surface area (Å²) in [5.74, 6) is 0.901. The van der Waals surface area contributed by atoms with Crippen LogP contribution in [0.1, 0.15) is 19.3 Å². The number of nitrogens with zero attached hydrogens (tertiary/aromatic N) is 2. The first-order valence-corrected chi connectivity index (χ1v) is 10.0. The number of anilines is 1. The molecule has 2 amide bonds. The van der Waals surface area contributed by atoms with Crippen LogP contribution >= 0.6 is 23.4 Å². The Balaban J connectivity index is 1.37. The number of amidine groups is 1. The fraction of sp³-hybridized carbons (Fsp3) is 0.421. The molecule has 3 aliphatic rings. The largest absolute Gasteiger partial charge is 0.315 e. The maximum absolute atomic E-state index is 12.5. The van der Waals surface area contributed by atoms with Crippen molar-refractivity contribution < 1.29 is 9.59 Å². The van der Waals surface area contributed by atoms with E-state index in [0.29, 0.717) is 22.0 Å². The number of thioether (sulfide) groups is 1. The second-order valence-corrected chi connectivity index (χ2v) is 8.64. The van der Waals surface area contributed by atoms with Crippen LogP contribution < -0.4 is 10.2 Å². The summed E-state index contributed by atoms with van der Waals surface area (Å²) in [5, 5.41) is 3.70. The smallest absolute Gasteiger partial charge is 0.240 e. The monoisotopic (exact) mass is 389 g/mol. The van der Waals surface area contributed by atoms with E-state index < -0.39 is 5.25 Å². The quantitative estimate of drug-likeness (QED) is 0.804. The van der Waals surface area contributed by atoms with Crippen molar-refractivity contribution in [3.05, 3.63) is 41.4 Å². The highest BCUT2D eigenvalue weighted by Crippen LogP contribution is 2.41. The number of rotatable bonds is 4. The molecule has 0 aromatic heterocycles. The van der Waals surface area contributed by atoms with Gasteiger partial charge < -0.3 is 10.2 Å². The number of hydrogen-bond donors (Lipinski definition) is 1. The lowest BCUT2D eigenvalue weighted by molar-refractivity contribution is -0.123. The molecule has 1 heterocycles. The van der Waals surface area contributed by atoms with Crippen LogP contribution in [0, 0.1) is 11.8 Å². The molecule has 1 aromatic rings.